The number of pyridine rings is 1. The van der Waals surface area contributed by atoms with Gasteiger partial charge in [0.15, 0.2) is 6.20 Å². The Morgan fingerprint density at radius 3 is 1.68 bits per heavy atom. The van der Waals surface area contributed by atoms with Gasteiger partial charge in [0, 0.05) is 22.9 Å². The number of benzene rings is 5. The third-order valence-corrected chi connectivity index (χ3v) is 7.78. The maximum Gasteiger partial charge on any atom is 0.216 e. The first-order valence-corrected chi connectivity index (χ1v) is 13.4. The predicted octanol–water partition coefficient (Wildman–Crippen LogP) is 9.53. The molecule has 0 bridgehead atoms. The van der Waals surface area contributed by atoms with Crippen molar-refractivity contribution in [2.45, 2.75) is 6.92 Å². The first-order valence-electron chi connectivity index (χ1n) is 13.4. The fourth-order valence-corrected chi connectivity index (χ4v) is 5.66. The molecule has 0 saturated carbocycles. The standard InChI is InChI=1S/C37H27FNO/c1-24-11-20-30-31-21-22-32(38)35(37(31)40-36(30)34(24)33-10-6-7-23-39(33)2)29-18-16-28(17-19-29)27-14-12-26(13-15-27)25-8-4-3-5-9-25/h3-23H,1-2H3/q+1. The van der Waals surface area contributed by atoms with E-state index in [0.717, 1.165) is 49.9 Å². The summed E-state index contributed by atoms with van der Waals surface area (Å²) in [5.74, 6) is -0.296. The van der Waals surface area contributed by atoms with Crippen molar-refractivity contribution < 1.29 is 13.4 Å². The first kappa shape index (κ1) is 24.1. The van der Waals surface area contributed by atoms with Crippen LogP contribution >= 0.6 is 0 Å². The molecule has 0 amide bonds. The summed E-state index contributed by atoms with van der Waals surface area (Å²) in [5.41, 5.74) is 10.4. The highest BCUT2D eigenvalue weighted by molar-refractivity contribution is 6.13. The van der Waals surface area contributed by atoms with E-state index in [2.05, 4.69) is 66.1 Å². The fourth-order valence-electron chi connectivity index (χ4n) is 5.66. The molecule has 3 heteroatoms. The number of furan rings is 1. The molecule has 7 rings (SSSR count). The Kier molecular flexibility index (Phi) is 5.78. The summed E-state index contributed by atoms with van der Waals surface area (Å²) in [6.07, 6.45) is 2.03. The topological polar surface area (TPSA) is 17.0 Å². The van der Waals surface area contributed by atoms with E-state index in [0.29, 0.717) is 11.1 Å². The molecule has 0 N–H and O–H groups in total. The van der Waals surface area contributed by atoms with E-state index in [-0.39, 0.29) is 5.82 Å². The van der Waals surface area contributed by atoms with E-state index >= 15 is 4.39 Å². The van der Waals surface area contributed by atoms with E-state index in [1.807, 2.05) is 73.9 Å². The molecule has 7 aromatic rings. The van der Waals surface area contributed by atoms with Gasteiger partial charge in [-0.05, 0) is 58.5 Å². The Morgan fingerprint density at radius 1 is 0.525 bits per heavy atom. The number of halogens is 1. The largest absolute Gasteiger partial charge is 0.454 e. The van der Waals surface area contributed by atoms with Crippen molar-refractivity contribution in [2.24, 2.45) is 7.05 Å². The van der Waals surface area contributed by atoms with Crippen LogP contribution in [0.2, 0.25) is 0 Å². The SMILES string of the molecule is Cc1ccc2c(oc3c(-c4ccc(-c5ccc(-c6ccccc6)cc5)cc4)c(F)ccc32)c1-c1cccc[n+]1C. The summed E-state index contributed by atoms with van der Waals surface area (Å²) >= 11 is 0. The number of hydrogen-bond donors (Lipinski definition) is 0. The highest BCUT2D eigenvalue weighted by Crippen LogP contribution is 2.41. The van der Waals surface area contributed by atoms with E-state index in [1.165, 1.54) is 11.1 Å². The third kappa shape index (κ3) is 3.99. The molecule has 0 radical (unpaired) electrons. The molecule has 0 atom stereocenters. The molecule has 0 unspecified atom stereocenters. The van der Waals surface area contributed by atoms with E-state index in [4.69, 9.17) is 4.42 Å². The molecule has 2 aromatic heterocycles. The van der Waals surface area contributed by atoms with E-state index in [9.17, 15) is 0 Å². The first-order chi connectivity index (χ1) is 19.6. The molecule has 5 aromatic carbocycles. The normalized spacial score (nSPS) is 11.4. The number of aromatic nitrogens is 1. The molecule has 40 heavy (non-hydrogen) atoms. The zero-order valence-electron chi connectivity index (χ0n) is 22.4. The molecule has 0 spiro atoms. The highest BCUT2D eigenvalue weighted by atomic mass is 19.1. The van der Waals surface area contributed by atoms with Crippen LogP contribution in [0.3, 0.4) is 0 Å². The van der Waals surface area contributed by atoms with Gasteiger partial charge in [0.05, 0.1) is 11.1 Å². The van der Waals surface area contributed by atoms with E-state index < -0.39 is 0 Å². The Hall–Kier alpha value is -5.02. The van der Waals surface area contributed by atoms with Gasteiger partial charge < -0.3 is 4.42 Å². The second-order valence-corrected chi connectivity index (χ2v) is 10.3. The van der Waals surface area contributed by atoms with Crippen molar-refractivity contribution in [3.63, 3.8) is 0 Å². The van der Waals surface area contributed by atoms with Crippen LogP contribution in [0.15, 0.2) is 132 Å². The smallest absolute Gasteiger partial charge is 0.216 e. The number of hydrogen-bond acceptors (Lipinski definition) is 1. The minimum absolute atomic E-state index is 0.296. The lowest BCUT2D eigenvalue weighted by atomic mass is 9.96. The van der Waals surface area contributed by atoms with Crippen molar-refractivity contribution in [3.05, 3.63) is 139 Å². The Labute approximate surface area is 232 Å². The molecule has 0 aliphatic heterocycles. The van der Waals surface area contributed by atoms with Crippen LogP contribution in [-0.2, 0) is 7.05 Å². The molecule has 0 saturated heterocycles. The molecule has 0 aliphatic rings. The predicted molar refractivity (Wildman–Crippen MR) is 161 cm³/mol. The molecular weight excluding hydrogens is 493 g/mol. The van der Waals surface area contributed by atoms with Crippen molar-refractivity contribution in [1.29, 1.82) is 0 Å². The van der Waals surface area contributed by atoms with Crippen LogP contribution in [0, 0.1) is 12.7 Å². The van der Waals surface area contributed by atoms with Gasteiger partial charge in [-0.2, -0.15) is 0 Å². The molecular formula is C37H27FNO+. The van der Waals surface area contributed by atoms with Gasteiger partial charge in [0.25, 0.3) is 0 Å². The highest BCUT2D eigenvalue weighted by Gasteiger charge is 2.23. The van der Waals surface area contributed by atoms with Gasteiger partial charge in [-0.1, -0.05) is 91.0 Å². The Bertz CT molecular complexity index is 2000. The Morgan fingerprint density at radius 2 is 1.05 bits per heavy atom. The van der Waals surface area contributed by atoms with Gasteiger partial charge in [-0.25, -0.2) is 8.96 Å². The quantitative estimate of drug-likeness (QED) is 0.211. The van der Waals surface area contributed by atoms with Crippen LogP contribution in [0.1, 0.15) is 5.56 Å². The summed E-state index contributed by atoms with van der Waals surface area (Å²) in [5, 5.41) is 1.89. The molecule has 192 valence electrons. The number of nitrogens with zero attached hydrogens (tertiary/aromatic N) is 1. The number of aryl methyl sites for hydroxylation is 2. The lowest BCUT2D eigenvalue weighted by Gasteiger charge is -2.08. The summed E-state index contributed by atoms with van der Waals surface area (Å²) in [4.78, 5) is 0. The van der Waals surface area contributed by atoms with Gasteiger partial charge in [-0.15, -0.1) is 0 Å². The summed E-state index contributed by atoms with van der Waals surface area (Å²) in [6, 6.07) is 40.6. The van der Waals surface area contributed by atoms with Gasteiger partial charge in [-0.3, -0.25) is 0 Å². The summed E-state index contributed by atoms with van der Waals surface area (Å²) in [7, 11) is 2.03. The minimum atomic E-state index is -0.296. The van der Waals surface area contributed by atoms with Gasteiger partial charge in [0.1, 0.15) is 24.0 Å². The van der Waals surface area contributed by atoms with Crippen LogP contribution in [-0.4, -0.2) is 0 Å². The zero-order valence-corrected chi connectivity index (χ0v) is 22.4. The molecule has 0 fully saturated rings. The third-order valence-electron chi connectivity index (χ3n) is 7.78. The molecule has 0 aliphatic carbocycles. The van der Waals surface area contributed by atoms with Crippen molar-refractivity contribution in [1.82, 2.24) is 0 Å². The summed E-state index contributed by atoms with van der Waals surface area (Å²) in [6.45, 7) is 2.08. The lowest BCUT2D eigenvalue weighted by Crippen LogP contribution is -2.30. The van der Waals surface area contributed by atoms with Crippen molar-refractivity contribution in [2.75, 3.05) is 0 Å². The maximum absolute atomic E-state index is 15.5. The van der Waals surface area contributed by atoms with Crippen molar-refractivity contribution in [3.8, 4) is 44.6 Å². The van der Waals surface area contributed by atoms with Crippen LogP contribution in [0.25, 0.3) is 66.6 Å². The second-order valence-electron chi connectivity index (χ2n) is 10.3. The van der Waals surface area contributed by atoms with Crippen LogP contribution in [0.4, 0.5) is 4.39 Å². The molecule has 2 nitrogen and oxygen atoms in total. The lowest BCUT2D eigenvalue weighted by molar-refractivity contribution is -0.660. The van der Waals surface area contributed by atoms with Gasteiger partial charge in [0.2, 0.25) is 5.69 Å². The zero-order chi connectivity index (χ0) is 27.2. The average Bonchev–Trinajstić information content (AvgIpc) is 3.37. The summed E-state index contributed by atoms with van der Waals surface area (Å²) < 4.78 is 24.1. The number of rotatable bonds is 4. The van der Waals surface area contributed by atoms with Gasteiger partial charge >= 0.3 is 0 Å². The fraction of sp³-hybridized carbons (Fsp3) is 0.0541. The minimum Gasteiger partial charge on any atom is -0.454 e. The van der Waals surface area contributed by atoms with E-state index in [1.54, 1.807) is 6.07 Å². The molecule has 2 heterocycles. The monoisotopic (exact) mass is 520 g/mol. The van der Waals surface area contributed by atoms with Crippen molar-refractivity contribution >= 4 is 21.9 Å². The van der Waals surface area contributed by atoms with Crippen LogP contribution < -0.4 is 4.57 Å². The Balaban J connectivity index is 1.32. The number of fused-ring (bicyclic) bond motifs is 3. The average molecular weight is 521 g/mol. The van der Waals surface area contributed by atoms with Crippen LogP contribution in [0.5, 0.6) is 0 Å². The second kappa shape index (κ2) is 9.62. The maximum atomic E-state index is 15.5.